The molecule has 112 valence electrons. The fourth-order valence-electron chi connectivity index (χ4n) is 2.17. The second-order valence-corrected chi connectivity index (χ2v) is 5.87. The highest BCUT2D eigenvalue weighted by molar-refractivity contribution is 9.10. The molecule has 5 heteroatoms. The summed E-state index contributed by atoms with van der Waals surface area (Å²) >= 11 is 3.48. The maximum Gasteiger partial charge on any atom is 0.227 e. The average molecular weight is 349 g/mol. The van der Waals surface area contributed by atoms with Crippen molar-refractivity contribution in [3.05, 3.63) is 40.0 Å². The van der Waals surface area contributed by atoms with Crippen LogP contribution < -0.4 is 10.2 Å². The van der Waals surface area contributed by atoms with Gasteiger partial charge in [0.1, 0.15) is 5.82 Å². The van der Waals surface area contributed by atoms with Gasteiger partial charge in [-0.1, -0.05) is 15.9 Å². The molecule has 0 aliphatic heterocycles. The maximum atomic E-state index is 4.63. The highest BCUT2D eigenvalue weighted by Crippen LogP contribution is 2.24. The molecular formula is C16H21BrN4. The van der Waals surface area contributed by atoms with Gasteiger partial charge in [0.05, 0.1) is 0 Å². The normalized spacial score (nSPS) is 10.5. The van der Waals surface area contributed by atoms with E-state index in [2.05, 4.69) is 63.0 Å². The molecule has 2 rings (SSSR count). The SMILES string of the molecule is CCN(CC)c1nc(C)cc(Nc2ccc(Br)cc2C)n1. The Hall–Kier alpha value is -1.62. The van der Waals surface area contributed by atoms with Gasteiger partial charge in [-0.2, -0.15) is 4.98 Å². The van der Waals surface area contributed by atoms with Crippen molar-refractivity contribution in [2.75, 3.05) is 23.3 Å². The molecule has 0 saturated carbocycles. The number of nitrogens with one attached hydrogen (secondary N) is 1. The molecule has 0 atom stereocenters. The number of aromatic nitrogens is 2. The van der Waals surface area contributed by atoms with Gasteiger partial charge < -0.3 is 10.2 Å². The Morgan fingerprint density at radius 2 is 1.81 bits per heavy atom. The highest BCUT2D eigenvalue weighted by Gasteiger charge is 2.09. The number of hydrogen-bond donors (Lipinski definition) is 1. The first kappa shape index (κ1) is 15.8. The molecular weight excluding hydrogens is 328 g/mol. The van der Waals surface area contributed by atoms with Crippen molar-refractivity contribution >= 4 is 33.4 Å². The van der Waals surface area contributed by atoms with Crippen molar-refractivity contribution in [1.29, 1.82) is 0 Å². The average Bonchev–Trinajstić information content (AvgIpc) is 2.43. The smallest absolute Gasteiger partial charge is 0.227 e. The second kappa shape index (κ2) is 6.89. The van der Waals surface area contributed by atoms with E-state index in [-0.39, 0.29) is 0 Å². The molecule has 0 fully saturated rings. The predicted molar refractivity (Wildman–Crippen MR) is 92.5 cm³/mol. The third kappa shape index (κ3) is 3.94. The van der Waals surface area contributed by atoms with Gasteiger partial charge in [0.15, 0.2) is 0 Å². The van der Waals surface area contributed by atoms with Gasteiger partial charge in [-0.25, -0.2) is 4.98 Å². The molecule has 0 bridgehead atoms. The van der Waals surface area contributed by atoms with Crippen LogP contribution in [-0.4, -0.2) is 23.1 Å². The Labute approximate surface area is 134 Å². The summed E-state index contributed by atoms with van der Waals surface area (Å²) in [5.41, 5.74) is 3.19. The lowest BCUT2D eigenvalue weighted by atomic mass is 10.2. The van der Waals surface area contributed by atoms with E-state index in [1.165, 1.54) is 5.56 Å². The first-order valence-electron chi connectivity index (χ1n) is 7.17. The van der Waals surface area contributed by atoms with Gasteiger partial charge >= 0.3 is 0 Å². The molecule has 21 heavy (non-hydrogen) atoms. The molecule has 0 spiro atoms. The summed E-state index contributed by atoms with van der Waals surface area (Å²) < 4.78 is 1.08. The molecule has 0 unspecified atom stereocenters. The van der Waals surface area contributed by atoms with Crippen molar-refractivity contribution in [3.63, 3.8) is 0 Å². The Balaban J connectivity index is 2.31. The van der Waals surface area contributed by atoms with E-state index in [0.717, 1.165) is 40.7 Å². The molecule has 4 nitrogen and oxygen atoms in total. The lowest BCUT2D eigenvalue weighted by Crippen LogP contribution is -2.24. The topological polar surface area (TPSA) is 41.1 Å². The molecule has 1 N–H and O–H groups in total. The van der Waals surface area contributed by atoms with Crippen molar-refractivity contribution < 1.29 is 0 Å². The predicted octanol–water partition coefficient (Wildman–Crippen LogP) is 4.45. The van der Waals surface area contributed by atoms with Gasteiger partial charge in [0, 0.05) is 35.0 Å². The first-order chi connectivity index (χ1) is 10.0. The number of halogens is 1. The van der Waals surface area contributed by atoms with E-state index in [1.807, 2.05) is 25.1 Å². The van der Waals surface area contributed by atoms with Crippen LogP contribution in [-0.2, 0) is 0 Å². The zero-order valence-electron chi connectivity index (χ0n) is 12.9. The lowest BCUT2D eigenvalue weighted by molar-refractivity contribution is 0.817. The van der Waals surface area contributed by atoms with Crippen LogP contribution in [0.1, 0.15) is 25.1 Å². The number of nitrogens with zero attached hydrogens (tertiary/aromatic N) is 3. The molecule has 0 saturated heterocycles. The molecule has 1 heterocycles. The third-order valence-corrected chi connectivity index (χ3v) is 3.83. The van der Waals surface area contributed by atoms with E-state index in [4.69, 9.17) is 0 Å². The minimum absolute atomic E-state index is 0.775. The molecule has 0 aliphatic rings. The summed E-state index contributed by atoms with van der Waals surface area (Å²) in [5.74, 6) is 1.60. The Bertz CT molecular complexity index is 624. The fourth-order valence-corrected chi connectivity index (χ4v) is 2.65. The molecule has 2 aromatic rings. The van der Waals surface area contributed by atoms with E-state index >= 15 is 0 Å². The summed E-state index contributed by atoms with van der Waals surface area (Å²) in [7, 11) is 0. The monoisotopic (exact) mass is 348 g/mol. The highest BCUT2D eigenvalue weighted by atomic mass is 79.9. The first-order valence-corrected chi connectivity index (χ1v) is 7.96. The lowest BCUT2D eigenvalue weighted by Gasteiger charge is -2.20. The van der Waals surface area contributed by atoms with Crippen LogP contribution >= 0.6 is 15.9 Å². The van der Waals surface area contributed by atoms with Crippen LogP contribution in [0, 0.1) is 13.8 Å². The van der Waals surface area contributed by atoms with Crippen molar-refractivity contribution in [2.24, 2.45) is 0 Å². The van der Waals surface area contributed by atoms with Gasteiger partial charge in [0.2, 0.25) is 5.95 Å². The van der Waals surface area contributed by atoms with Crippen LogP contribution in [0.15, 0.2) is 28.7 Å². The minimum Gasteiger partial charge on any atom is -0.341 e. The van der Waals surface area contributed by atoms with E-state index in [0.29, 0.717) is 0 Å². The molecule has 1 aromatic carbocycles. The van der Waals surface area contributed by atoms with Gasteiger partial charge in [-0.05, 0) is 51.5 Å². The largest absolute Gasteiger partial charge is 0.341 e. The molecule has 0 radical (unpaired) electrons. The second-order valence-electron chi connectivity index (χ2n) is 4.95. The maximum absolute atomic E-state index is 4.63. The summed E-state index contributed by atoms with van der Waals surface area (Å²) in [5, 5.41) is 3.39. The third-order valence-electron chi connectivity index (χ3n) is 3.34. The quantitative estimate of drug-likeness (QED) is 0.866. The van der Waals surface area contributed by atoms with Crippen LogP contribution in [0.2, 0.25) is 0 Å². The van der Waals surface area contributed by atoms with Crippen LogP contribution in [0.25, 0.3) is 0 Å². The zero-order chi connectivity index (χ0) is 15.4. The number of anilines is 3. The number of aryl methyl sites for hydroxylation is 2. The Kier molecular flexibility index (Phi) is 5.17. The van der Waals surface area contributed by atoms with Crippen LogP contribution in [0.3, 0.4) is 0 Å². The van der Waals surface area contributed by atoms with Crippen molar-refractivity contribution in [2.45, 2.75) is 27.7 Å². The van der Waals surface area contributed by atoms with E-state index < -0.39 is 0 Å². The van der Waals surface area contributed by atoms with Gasteiger partial charge in [-0.15, -0.1) is 0 Å². The zero-order valence-corrected chi connectivity index (χ0v) is 14.5. The summed E-state index contributed by atoms with van der Waals surface area (Å²) in [6, 6.07) is 8.12. The fraction of sp³-hybridized carbons (Fsp3) is 0.375. The Morgan fingerprint density at radius 3 is 2.43 bits per heavy atom. The number of rotatable bonds is 5. The van der Waals surface area contributed by atoms with Gasteiger partial charge in [0.25, 0.3) is 0 Å². The number of hydrogen-bond acceptors (Lipinski definition) is 4. The summed E-state index contributed by atoms with van der Waals surface area (Å²) in [4.78, 5) is 11.3. The van der Waals surface area contributed by atoms with Crippen LogP contribution in [0.5, 0.6) is 0 Å². The summed E-state index contributed by atoms with van der Waals surface area (Å²) in [6.45, 7) is 10.1. The standard InChI is InChI=1S/C16H21BrN4/c1-5-21(6-2)16-18-12(4)10-15(20-16)19-14-8-7-13(17)9-11(14)3/h7-10H,5-6H2,1-4H3,(H,18,19,20). The van der Waals surface area contributed by atoms with Crippen LogP contribution in [0.4, 0.5) is 17.5 Å². The van der Waals surface area contributed by atoms with E-state index in [1.54, 1.807) is 0 Å². The van der Waals surface area contributed by atoms with E-state index in [9.17, 15) is 0 Å². The Morgan fingerprint density at radius 1 is 1.10 bits per heavy atom. The van der Waals surface area contributed by atoms with Gasteiger partial charge in [-0.3, -0.25) is 0 Å². The molecule has 1 aromatic heterocycles. The number of benzene rings is 1. The van der Waals surface area contributed by atoms with Crippen molar-refractivity contribution in [1.82, 2.24) is 9.97 Å². The summed E-state index contributed by atoms with van der Waals surface area (Å²) in [6.07, 6.45) is 0. The minimum atomic E-state index is 0.775. The molecule has 0 aliphatic carbocycles. The molecule has 0 amide bonds. The van der Waals surface area contributed by atoms with Crippen molar-refractivity contribution in [3.8, 4) is 0 Å².